The molecule has 7 nitrogen and oxygen atoms in total. The average molecular weight is 397 g/mol. The molecule has 0 fully saturated rings. The van der Waals surface area contributed by atoms with Crippen LogP contribution in [-0.2, 0) is 9.53 Å². The van der Waals surface area contributed by atoms with Crippen LogP contribution >= 0.6 is 23.2 Å². The van der Waals surface area contributed by atoms with E-state index in [0.29, 0.717) is 5.02 Å². The number of nitrogens with one attached hydrogen (secondary N) is 1. The Labute approximate surface area is 159 Å². The Kier molecular flexibility index (Phi) is 6.54. The molecule has 0 spiro atoms. The Morgan fingerprint density at radius 2 is 1.85 bits per heavy atom. The molecule has 0 aromatic heterocycles. The molecule has 0 aliphatic rings. The molecular formula is C17H14Cl2N2O5. The van der Waals surface area contributed by atoms with Gasteiger partial charge in [0, 0.05) is 17.2 Å². The number of nitrogens with zero attached hydrogens (tertiary/aromatic N) is 1. The van der Waals surface area contributed by atoms with E-state index in [1.165, 1.54) is 6.07 Å². The van der Waals surface area contributed by atoms with Gasteiger partial charge in [-0.3, -0.25) is 14.9 Å². The third-order valence-electron chi connectivity index (χ3n) is 3.47. The van der Waals surface area contributed by atoms with Gasteiger partial charge >= 0.3 is 5.97 Å². The standard InChI is InChI=1S/C17H14Cl2N2O5/c1-10(11-2-4-12(18)5-3-11)20-16(22)9-26-17(23)14-7-6-13(21(24)25)8-15(14)19/h2-8,10H,9H2,1H3,(H,20,22)/t10-/m0/s1. The maximum atomic E-state index is 12.0. The van der Waals surface area contributed by atoms with Gasteiger partial charge in [-0.05, 0) is 30.7 Å². The molecule has 1 atom stereocenters. The highest BCUT2D eigenvalue weighted by molar-refractivity contribution is 6.33. The number of carbonyl (C=O) groups excluding carboxylic acids is 2. The fourth-order valence-corrected chi connectivity index (χ4v) is 2.49. The molecule has 0 heterocycles. The molecule has 0 bridgehead atoms. The van der Waals surface area contributed by atoms with Crippen molar-refractivity contribution in [3.05, 3.63) is 73.8 Å². The van der Waals surface area contributed by atoms with Crippen molar-refractivity contribution in [1.29, 1.82) is 0 Å². The number of nitro benzene ring substituents is 1. The van der Waals surface area contributed by atoms with Crippen molar-refractivity contribution < 1.29 is 19.2 Å². The molecule has 1 amide bonds. The molecule has 9 heteroatoms. The molecule has 1 N–H and O–H groups in total. The highest BCUT2D eigenvalue weighted by Crippen LogP contribution is 2.23. The lowest BCUT2D eigenvalue weighted by Crippen LogP contribution is -2.31. The lowest BCUT2D eigenvalue weighted by atomic mass is 10.1. The van der Waals surface area contributed by atoms with Crippen LogP contribution in [0.1, 0.15) is 28.9 Å². The van der Waals surface area contributed by atoms with Gasteiger partial charge in [0.2, 0.25) is 0 Å². The number of halogens is 2. The zero-order valence-electron chi connectivity index (χ0n) is 13.6. The number of benzene rings is 2. The highest BCUT2D eigenvalue weighted by atomic mass is 35.5. The van der Waals surface area contributed by atoms with Crippen LogP contribution in [-0.4, -0.2) is 23.4 Å². The first-order chi connectivity index (χ1) is 12.3. The predicted molar refractivity (Wildman–Crippen MR) is 96.4 cm³/mol. The maximum absolute atomic E-state index is 12.0. The van der Waals surface area contributed by atoms with Crippen LogP contribution in [0.4, 0.5) is 5.69 Å². The average Bonchev–Trinajstić information content (AvgIpc) is 2.60. The minimum atomic E-state index is -0.848. The van der Waals surface area contributed by atoms with Crippen LogP contribution in [0.25, 0.3) is 0 Å². The number of nitro groups is 1. The van der Waals surface area contributed by atoms with Crippen molar-refractivity contribution in [1.82, 2.24) is 5.32 Å². The third-order valence-corrected chi connectivity index (χ3v) is 4.03. The van der Waals surface area contributed by atoms with E-state index in [1.54, 1.807) is 31.2 Å². The van der Waals surface area contributed by atoms with Gasteiger partial charge in [-0.15, -0.1) is 0 Å². The smallest absolute Gasteiger partial charge is 0.340 e. The van der Waals surface area contributed by atoms with Crippen molar-refractivity contribution in [3.63, 3.8) is 0 Å². The van der Waals surface area contributed by atoms with Crippen LogP contribution in [0, 0.1) is 10.1 Å². The van der Waals surface area contributed by atoms with Gasteiger partial charge in [-0.25, -0.2) is 4.79 Å². The van der Waals surface area contributed by atoms with E-state index in [9.17, 15) is 19.7 Å². The number of non-ortho nitro benzene ring substituents is 1. The molecule has 0 aliphatic carbocycles. The summed E-state index contributed by atoms with van der Waals surface area (Å²) in [6.07, 6.45) is 0. The Morgan fingerprint density at radius 3 is 2.42 bits per heavy atom. The molecule has 0 radical (unpaired) electrons. The molecule has 0 saturated carbocycles. The van der Waals surface area contributed by atoms with Gasteiger partial charge in [0.25, 0.3) is 11.6 Å². The van der Waals surface area contributed by atoms with Crippen molar-refractivity contribution in [2.24, 2.45) is 0 Å². The monoisotopic (exact) mass is 396 g/mol. The largest absolute Gasteiger partial charge is 0.452 e. The second-order valence-electron chi connectivity index (χ2n) is 5.34. The summed E-state index contributed by atoms with van der Waals surface area (Å²) in [5.74, 6) is -1.35. The van der Waals surface area contributed by atoms with E-state index in [0.717, 1.165) is 17.7 Å². The van der Waals surface area contributed by atoms with E-state index in [-0.39, 0.29) is 22.3 Å². The number of carbonyl (C=O) groups is 2. The number of rotatable bonds is 6. The van der Waals surface area contributed by atoms with Crippen LogP contribution in [0.5, 0.6) is 0 Å². The second-order valence-corrected chi connectivity index (χ2v) is 6.18. The number of hydrogen-bond donors (Lipinski definition) is 1. The fourth-order valence-electron chi connectivity index (χ4n) is 2.11. The summed E-state index contributed by atoms with van der Waals surface area (Å²) in [5.41, 5.74) is 0.532. The van der Waals surface area contributed by atoms with Crippen molar-refractivity contribution in [2.45, 2.75) is 13.0 Å². The van der Waals surface area contributed by atoms with E-state index in [4.69, 9.17) is 27.9 Å². The second kappa shape index (κ2) is 8.64. The third kappa shape index (κ3) is 5.18. The first-order valence-corrected chi connectivity index (χ1v) is 8.19. The first-order valence-electron chi connectivity index (χ1n) is 7.44. The number of hydrogen-bond acceptors (Lipinski definition) is 5. The summed E-state index contributed by atoms with van der Waals surface area (Å²) in [5, 5.41) is 13.8. The van der Waals surface area contributed by atoms with Gasteiger partial charge in [-0.1, -0.05) is 35.3 Å². The van der Waals surface area contributed by atoms with E-state index < -0.39 is 23.4 Å². The maximum Gasteiger partial charge on any atom is 0.340 e. The minimum Gasteiger partial charge on any atom is -0.452 e. The van der Waals surface area contributed by atoms with Crippen molar-refractivity contribution in [2.75, 3.05) is 6.61 Å². The highest BCUT2D eigenvalue weighted by Gasteiger charge is 2.18. The number of ether oxygens (including phenoxy) is 1. The van der Waals surface area contributed by atoms with E-state index in [2.05, 4.69) is 5.32 Å². The normalized spacial score (nSPS) is 11.5. The van der Waals surface area contributed by atoms with E-state index in [1.807, 2.05) is 0 Å². The number of amides is 1. The fraction of sp³-hybridized carbons (Fsp3) is 0.176. The molecule has 2 aromatic carbocycles. The molecule has 0 saturated heterocycles. The van der Waals surface area contributed by atoms with Crippen LogP contribution in [0.15, 0.2) is 42.5 Å². The lowest BCUT2D eigenvalue weighted by molar-refractivity contribution is -0.384. The van der Waals surface area contributed by atoms with Gasteiger partial charge in [0.05, 0.1) is 21.6 Å². The summed E-state index contributed by atoms with van der Waals surface area (Å²) in [7, 11) is 0. The molecule has 0 unspecified atom stereocenters. The van der Waals surface area contributed by atoms with Crippen LogP contribution < -0.4 is 5.32 Å². The van der Waals surface area contributed by atoms with Crippen LogP contribution in [0.3, 0.4) is 0 Å². The van der Waals surface area contributed by atoms with E-state index >= 15 is 0 Å². The Hall–Kier alpha value is -2.64. The molecule has 2 rings (SSSR count). The molecule has 0 aliphatic heterocycles. The molecule has 136 valence electrons. The summed E-state index contributed by atoms with van der Waals surface area (Å²) in [4.78, 5) is 33.9. The van der Waals surface area contributed by atoms with Gasteiger partial charge in [-0.2, -0.15) is 0 Å². The van der Waals surface area contributed by atoms with Gasteiger partial charge < -0.3 is 10.1 Å². The summed E-state index contributed by atoms with van der Waals surface area (Å²) in [6, 6.07) is 10.0. The topological polar surface area (TPSA) is 98.5 Å². The van der Waals surface area contributed by atoms with Crippen LogP contribution in [0.2, 0.25) is 10.0 Å². The lowest BCUT2D eigenvalue weighted by Gasteiger charge is -2.14. The number of esters is 1. The molecule has 2 aromatic rings. The Morgan fingerprint density at radius 1 is 1.19 bits per heavy atom. The summed E-state index contributed by atoms with van der Waals surface area (Å²) in [6.45, 7) is 1.26. The Balaban J connectivity index is 1.91. The van der Waals surface area contributed by atoms with Crippen molar-refractivity contribution >= 4 is 40.8 Å². The summed E-state index contributed by atoms with van der Waals surface area (Å²) < 4.78 is 4.90. The molecular weight excluding hydrogens is 383 g/mol. The Bertz CT molecular complexity index is 840. The zero-order valence-corrected chi connectivity index (χ0v) is 15.1. The zero-order chi connectivity index (χ0) is 19.3. The molecule has 26 heavy (non-hydrogen) atoms. The van der Waals surface area contributed by atoms with Crippen molar-refractivity contribution in [3.8, 4) is 0 Å². The minimum absolute atomic E-state index is 0.0594. The predicted octanol–water partition coefficient (Wildman–Crippen LogP) is 3.94. The first kappa shape index (κ1) is 19.7. The quantitative estimate of drug-likeness (QED) is 0.452. The summed E-state index contributed by atoms with van der Waals surface area (Å²) >= 11 is 11.7. The SMILES string of the molecule is C[C@H](NC(=O)COC(=O)c1ccc([N+](=O)[O-])cc1Cl)c1ccc(Cl)cc1. The van der Waals surface area contributed by atoms with Gasteiger partial charge in [0.1, 0.15) is 0 Å². The van der Waals surface area contributed by atoms with Gasteiger partial charge in [0.15, 0.2) is 6.61 Å².